The standard InChI is InChI=1S/C20H25N5O2.2ClH/c1-12(2)25-19-15(10-22-25)14(9-16(23-19)18-5-4-8-27-18)20(26)24-17-11-21-7-6-13(17)3;;/h4-5,8-10,12-13,17,21H,6-7,11H2,1-3H3,(H,24,26);2*1H. The first-order valence-corrected chi connectivity index (χ1v) is 9.48. The molecule has 1 aliphatic rings. The monoisotopic (exact) mass is 439 g/mol. The first-order chi connectivity index (χ1) is 13.0. The van der Waals surface area contributed by atoms with Crippen molar-refractivity contribution < 1.29 is 9.21 Å². The summed E-state index contributed by atoms with van der Waals surface area (Å²) in [4.78, 5) is 17.9. The molecule has 158 valence electrons. The van der Waals surface area contributed by atoms with Crippen molar-refractivity contribution in [1.82, 2.24) is 25.4 Å². The molecule has 0 saturated carbocycles. The molecule has 4 heterocycles. The van der Waals surface area contributed by atoms with Crippen LogP contribution in [0.1, 0.15) is 43.6 Å². The van der Waals surface area contributed by atoms with Crippen molar-refractivity contribution in [3.8, 4) is 11.5 Å². The number of halogens is 2. The number of hydrogen-bond donors (Lipinski definition) is 2. The predicted octanol–water partition coefficient (Wildman–Crippen LogP) is 3.84. The molecule has 0 aliphatic carbocycles. The van der Waals surface area contributed by atoms with Gasteiger partial charge in [0.1, 0.15) is 5.69 Å². The minimum atomic E-state index is -0.0981. The van der Waals surface area contributed by atoms with Crippen LogP contribution in [0.25, 0.3) is 22.5 Å². The van der Waals surface area contributed by atoms with E-state index in [9.17, 15) is 4.79 Å². The second-order valence-corrected chi connectivity index (χ2v) is 7.50. The van der Waals surface area contributed by atoms with Crippen LogP contribution in [0.4, 0.5) is 0 Å². The Balaban J connectivity index is 0.00000150. The third-order valence-corrected chi connectivity index (χ3v) is 5.22. The van der Waals surface area contributed by atoms with Crippen LogP contribution < -0.4 is 10.6 Å². The first-order valence-electron chi connectivity index (χ1n) is 9.48. The Kier molecular flexibility index (Phi) is 7.68. The van der Waals surface area contributed by atoms with Crippen LogP contribution >= 0.6 is 24.8 Å². The number of fused-ring (bicyclic) bond motifs is 1. The lowest BCUT2D eigenvalue weighted by molar-refractivity contribution is 0.0917. The molecule has 29 heavy (non-hydrogen) atoms. The zero-order valence-electron chi connectivity index (χ0n) is 16.7. The van der Waals surface area contributed by atoms with Crippen LogP contribution in [0.2, 0.25) is 0 Å². The number of carbonyl (C=O) groups is 1. The molecule has 0 radical (unpaired) electrons. The predicted molar refractivity (Wildman–Crippen MR) is 118 cm³/mol. The Morgan fingerprint density at radius 2 is 2.17 bits per heavy atom. The number of hydrogen-bond acceptors (Lipinski definition) is 5. The number of rotatable bonds is 4. The zero-order valence-corrected chi connectivity index (χ0v) is 18.3. The number of pyridine rings is 1. The lowest BCUT2D eigenvalue weighted by atomic mass is 9.94. The van der Waals surface area contributed by atoms with Crippen molar-refractivity contribution in [2.45, 2.75) is 39.3 Å². The topological polar surface area (TPSA) is 85.0 Å². The van der Waals surface area contributed by atoms with Crippen molar-refractivity contribution in [2.75, 3.05) is 13.1 Å². The fourth-order valence-corrected chi connectivity index (χ4v) is 3.56. The van der Waals surface area contributed by atoms with Crippen LogP contribution in [-0.2, 0) is 0 Å². The second kappa shape index (κ2) is 9.61. The summed E-state index contributed by atoms with van der Waals surface area (Å²) in [6.45, 7) is 8.05. The van der Waals surface area contributed by atoms with E-state index in [2.05, 4.69) is 22.7 Å². The summed E-state index contributed by atoms with van der Waals surface area (Å²) in [7, 11) is 0. The minimum absolute atomic E-state index is 0. The van der Waals surface area contributed by atoms with Gasteiger partial charge in [0.2, 0.25) is 0 Å². The Bertz CT molecular complexity index is 955. The molecule has 1 saturated heterocycles. The lowest BCUT2D eigenvalue weighted by Crippen LogP contribution is -2.50. The number of carbonyl (C=O) groups excluding carboxylic acids is 1. The van der Waals surface area contributed by atoms with E-state index in [0.717, 1.165) is 24.9 Å². The number of furan rings is 1. The van der Waals surface area contributed by atoms with Gasteiger partial charge in [-0.2, -0.15) is 5.10 Å². The molecule has 1 aliphatic heterocycles. The van der Waals surface area contributed by atoms with E-state index in [0.29, 0.717) is 28.6 Å². The molecule has 0 spiro atoms. The van der Waals surface area contributed by atoms with Crippen LogP contribution in [0.5, 0.6) is 0 Å². The van der Waals surface area contributed by atoms with Gasteiger partial charge in [0.05, 0.1) is 23.4 Å². The quantitative estimate of drug-likeness (QED) is 0.644. The summed E-state index contributed by atoms with van der Waals surface area (Å²) < 4.78 is 7.35. The third kappa shape index (κ3) is 4.57. The molecule has 2 N–H and O–H groups in total. The van der Waals surface area contributed by atoms with E-state index < -0.39 is 0 Å². The first kappa shape index (κ1) is 23.2. The fourth-order valence-electron chi connectivity index (χ4n) is 3.56. The van der Waals surface area contributed by atoms with Crippen LogP contribution in [-0.4, -0.2) is 39.8 Å². The molecule has 1 amide bonds. The number of piperidine rings is 1. The molecule has 2 unspecified atom stereocenters. The maximum Gasteiger partial charge on any atom is 0.252 e. The molecular weight excluding hydrogens is 413 g/mol. The van der Waals surface area contributed by atoms with Crippen molar-refractivity contribution in [3.05, 3.63) is 36.2 Å². The van der Waals surface area contributed by atoms with Gasteiger partial charge in [0, 0.05) is 18.6 Å². The molecule has 1 fully saturated rings. The third-order valence-electron chi connectivity index (χ3n) is 5.22. The Hall–Kier alpha value is -2.09. The molecule has 3 aromatic rings. The minimum Gasteiger partial charge on any atom is -0.463 e. The SMILES string of the molecule is CC1CCNCC1NC(=O)c1cc(-c2ccco2)nc2c1cnn2C(C)C.Cl.Cl. The van der Waals surface area contributed by atoms with E-state index >= 15 is 0 Å². The van der Waals surface area contributed by atoms with Crippen molar-refractivity contribution in [2.24, 2.45) is 5.92 Å². The normalized spacial score (nSPS) is 18.9. The highest BCUT2D eigenvalue weighted by molar-refractivity contribution is 6.06. The number of nitrogens with one attached hydrogen (secondary N) is 2. The highest BCUT2D eigenvalue weighted by atomic mass is 35.5. The van der Waals surface area contributed by atoms with Crippen LogP contribution in [0, 0.1) is 5.92 Å². The Morgan fingerprint density at radius 3 is 2.83 bits per heavy atom. The highest BCUT2D eigenvalue weighted by Gasteiger charge is 2.25. The lowest BCUT2D eigenvalue weighted by Gasteiger charge is -2.30. The summed E-state index contributed by atoms with van der Waals surface area (Å²) in [6.07, 6.45) is 4.39. The summed E-state index contributed by atoms with van der Waals surface area (Å²) in [5, 5.41) is 11.8. The average molecular weight is 440 g/mol. The summed E-state index contributed by atoms with van der Waals surface area (Å²) >= 11 is 0. The molecule has 7 nitrogen and oxygen atoms in total. The van der Waals surface area contributed by atoms with Gasteiger partial charge in [-0.25, -0.2) is 9.67 Å². The largest absolute Gasteiger partial charge is 0.463 e. The van der Waals surface area contributed by atoms with Crippen LogP contribution in [0.15, 0.2) is 35.1 Å². The molecular formula is C20H27Cl2N5O2. The smallest absolute Gasteiger partial charge is 0.252 e. The van der Waals surface area contributed by atoms with E-state index in [4.69, 9.17) is 9.40 Å². The van der Waals surface area contributed by atoms with Gasteiger partial charge < -0.3 is 15.1 Å². The molecule has 0 aromatic carbocycles. The van der Waals surface area contributed by atoms with Gasteiger partial charge in [-0.1, -0.05) is 6.92 Å². The number of amides is 1. The maximum absolute atomic E-state index is 13.1. The molecule has 9 heteroatoms. The summed E-state index contributed by atoms with van der Waals surface area (Å²) in [5.41, 5.74) is 1.91. The Morgan fingerprint density at radius 1 is 1.38 bits per heavy atom. The highest BCUT2D eigenvalue weighted by Crippen LogP contribution is 2.27. The number of aromatic nitrogens is 3. The van der Waals surface area contributed by atoms with Crippen molar-refractivity contribution >= 4 is 41.8 Å². The molecule has 3 aromatic heterocycles. The van der Waals surface area contributed by atoms with E-state index in [-0.39, 0.29) is 42.8 Å². The summed E-state index contributed by atoms with van der Waals surface area (Å²) in [6, 6.07) is 5.71. The molecule has 0 bridgehead atoms. The van der Waals surface area contributed by atoms with Crippen LogP contribution in [0.3, 0.4) is 0 Å². The van der Waals surface area contributed by atoms with E-state index in [1.54, 1.807) is 18.5 Å². The average Bonchev–Trinajstić information content (AvgIpc) is 3.32. The summed E-state index contributed by atoms with van der Waals surface area (Å²) in [5.74, 6) is 0.977. The van der Waals surface area contributed by atoms with Crippen molar-refractivity contribution in [1.29, 1.82) is 0 Å². The Labute approximate surface area is 182 Å². The second-order valence-electron chi connectivity index (χ2n) is 7.50. The molecule has 4 rings (SSSR count). The fraction of sp³-hybridized carbons (Fsp3) is 0.450. The van der Waals surface area contributed by atoms with Crippen molar-refractivity contribution in [3.63, 3.8) is 0 Å². The van der Waals surface area contributed by atoms with E-state index in [1.165, 1.54) is 0 Å². The van der Waals surface area contributed by atoms with Gasteiger partial charge in [0.15, 0.2) is 11.4 Å². The van der Waals surface area contributed by atoms with Gasteiger partial charge in [0.25, 0.3) is 5.91 Å². The van der Waals surface area contributed by atoms with Gasteiger partial charge in [-0.15, -0.1) is 24.8 Å². The van der Waals surface area contributed by atoms with Gasteiger partial charge in [-0.3, -0.25) is 4.79 Å². The number of nitrogens with zero attached hydrogens (tertiary/aromatic N) is 3. The van der Waals surface area contributed by atoms with Gasteiger partial charge >= 0.3 is 0 Å². The maximum atomic E-state index is 13.1. The molecule has 2 atom stereocenters. The van der Waals surface area contributed by atoms with Gasteiger partial charge in [-0.05, 0) is 50.9 Å². The zero-order chi connectivity index (χ0) is 19.0. The van der Waals surface area contributed by atoms with E-state index in [1.807, 2.05) is 30.7 Å².